The van der Waals surface area contributed by atoms with E-state index in [1.165, 1.54) is 18.2 Å². The fraction of sp³-hybridized carbons (Fsp3) is 0.471. The Bertz CT molecular complexity index is 756. The van der Waals surface area contributed by atoms with Crippen LogP contribution in [0.2, 0.25) is 0 Å². The molecule has 134 valence electrons. The minimum Gasteiger partial charge on any atom is -0.385 e. The number of nitrogens with zero attached hydrogens (tertiary/aromatic N) is 4. The summed E-state index contributed by atoms with van der Waals surface area (Å²) >= 11 is 0. The van der Waals surface area contributed by atoms with Gasteiger partial charge in [0.05, 0.1) is 10.5 Å². The van der Waals surface area contributed by atoms with Crippen molar-refractivity contribution in [2.45, 2.75) is 25.5 Å². The molecule has 1 saturated heterocycles. The van der Waals surface area contributed by atoms with Crippen molar-refractivity contribution in [1.29, 1.82) is 0 Å². The van der Waals surface area contributed by atoms with Crippen LogP contribution in [0, 0.1) is 21.8 Å². The molecule has 0 radical (unpaired) electrons. The number of likely N-dealkylation sites (tertiary alicyclic amines) is 1. The van der Waals surface area contributed by atoms with Gasteiger partial charge in [-0.05, 0) is 37.9 Å². The number of aryl methyl sites for hydroxylation is 1. The molecular weight excluding hydrogens is 327 g/mol. The largest absolute Gasteiger partial charge is 0.385 e. The van der Waals surface area contributed by atoms with Gasteiger partial charge < -0.3 is 9.67 Å². The number of halogens is 1. The Morgan fingerprint density at radius 1 is 1.44 bits per heavy atom. The molecule has 0 saturated carbocycles. The zero-order chi connectivity index (χ0) is 18.0. The fourth-order valence-electron chi connectivity index (χ4n) is 3.40. The molecule has 25 heavy (non-hydrogen) atoms. The van der Waals surface area contributed by atoms with E-state index in [-0.39, 0.29) is 23.7 Å². The van der Waals surface area contributed by atoms with Gasteiger partial charge in [-0.25, -0.2) is 9.37 Å². The highest BCUT2D eigenvalue weighted by atomic mass is 19.1. The van der Waals surface area contributed by atoms with Gasteiger partial charge in [0.15, 0.2) is 0 Å². The predicted molar refractivity (Wildman–Crippen MR) is 89.2 cm³/mol. The second-order valence-electron chi connectivity index (χ2n) is 6.45. The summed E-state index contributed by atoms with van der Waals surface area (Å²) < 4.78 is 15.8. The highest BCUT2D eigenvalue weighted by Crippen LogP contribution is 2.31. The maximum Gasteiger partial charge on any atom is 0.276 e. The number of aliphatic hydroxyl groups excluding tert-OH is 1. The lowest BCUT2D eigenvalue weighted by Gasteiger charge is -2.33. The van der Waals surface area contributed by atoms with Gasteiger partial charge in [0, 0.05) is 32.1 Å². The van der Waals surface area contributed by atoms with E-state index in [2.05, 4.69) is 4.98 Å². The van der Waals surface area contributed by atoms with Gasteiger partial charge in [-0.3, -0.25) is 15.0 Å². The SMILES string of the molecule is Cn1ccnc1C(O)C1CCN(Cc2c(F)cccc2[N+](=O)[O-])CC1. The summed E-state index contributed by atoms with van der Waals surface area (Å²) in [6.45, 7) is 1.50. The number of aliphatic hydroxyl groups is 1. The summed E-state index contributed by atoms with van der Waals surface area (Å²) in [5, 5.41) is 21.6. The van der Waals surface area contributed by atoms with Crippen LogP contribution in [0.15, 0.2) is 30.6 Å². The normalized spacial score (nSPS) is 17.6. The van der Waals surface area contributed by atoms with Gasteiger partial charge >= 0.3 is 0 Å². The standard InChI is InChI=1S/C17H21FN4O3/c1-20-10-7-19-17(20)16(23)12-5-8-21(9-6-12)11-13-14(18)3-2-4-15(13)22(24)25/h2-4,7,10,12,16,23H,5-6,8-9,11H2,1H3. The van der Waals surface area contributed by atoms with Crippen LogP contribution in [0.25, 0.3) is 0 Å². The monoisotopic (exact) mass is 348 g/mol. The average Bonchev–Trinajstić information content (AvgIpc) is 3.02. The predicted octanol–water partition coefficient (Wildman–Crippen LogP) is 2.41. The van der Waals surface area contributed by atoms with E-state index in [1.807, 2.05) is 11.9 Å². The number of rotatable bonds is 5. The number of imidazole rings is 1. The topological polar surface area (TPSA) is 84.4 Å². The van der Waals surface area contributed by atoms with Crippen molar-refractivity contribution in [3.8, 4) is 0 Å². The first-order chi connectivity index (χ1) is 12.0. The van der Waals surface area contributed by atoms with Gasteiger partial charge in [-0.1, -0.05) is 6.07 Å². The van der Waals surface area contributed by atoms with E-state index in [0.29, 0.717) is 18.9 Å². The first-order valence-corrected chi connectivity index (χ1v) is 8.26. The molecule has 2 heterocycles. The quantitative estimate of drug-likeness (QED) is 0.663. The minimum absolute atomic E-state index is 0.0768. The Morgan fingerprint density at radius 3 is 2.76 bits per heavy atom. The second-order valence-corrected chi connectivity index (χ2v) is 6.45. The van der Waals surface area contributed by atoms with Crippen molar-refractivity contribution in [3.05, 3.63) is 57.9 Å². The van der Waals surface area contributed by atoms with Gasteiger partial charge in [0.1, 0.15) is 17.7 Å². The number of hydrogen-bond acceptors (Lipinski definition) is 5. The summed E-state index contributed by atoms with van der Waals surface area (Å²) in [6, 6.07) is 3.93. The van der Waals surface area contributed by atoms with E-state index >= 15 is 0 Å². The van der Waals surface area contributed by atoms with Gasteiger partial charge in [-0.15, -0.1) is 0 Å². The van der Waals surface area contributed by atoms with Crippen LogP contribution in [0.4, 0.5) is 10.1 Å². The molecule has 1 N–H and O–H groups in total. The first kappa shape index (κ1) is 17.5. The van der Waals surface area contributed by atoms with E-state index < -0.39 is 16.8 Å². The summed E-state index contributed by atoms with van der Waals surface area (Å²) in [4.78, 5) is 16.7. The Balaban J connectivity index is 1.64. The number of nitro benzene ring substituents is 1. The maximum absolute atomic E-state index is 14.0. The number of hydrogen-bond donors (Lipinski definition) is 1. The summed E-state index contributed by atoms with van der Waals surface area (Å²) in [5.41, 5.74) is -0.0641. The zero-order valence-corrected chi connectivity index (χ0v) is 14.0. The third-order valence-corrected chi connectivity index (χ3v) is 4.87. The van der Waals surface area contributed by atoms with Crippen LogP contribution in [-0.2, 0) is 13.6 Å². The summed E-state index contributed by atoms with van der Waals surface area (Å²) in [6.07, 6.45) is 4.28. The molecule has 0 bridgehead atoms. The van der Waals surface area contributed by atoms with Crippen molar-refractivity contribution in [2.75, 3.05) is 13.1 Å². The van der Waals surface area contributed by atoms with Gasteiger partial charge in [0.2, 0.25) is 0 Å². The molecule has 2 aromatic rings. The number of benzene rings is 1. The first-order valence-electron chi connectivity index (χ1n) is 8.26. The molecule has 3 rings (SSSR count). The lowest BCUT2D eigenvalue weighted by Crippen LogP contribution is -2.36. The van der Waals surface area contributed by atoms with Gasteiger partial charge in [-0.2, -0.15) is 0 Å². The molecule has 8 heteroatoms. The third-order valence-electron chi connectivity index (χ3n) is 4.87. The number of aromatic nitrogens is 2. The Labute approximate surface area is 144 Å². The molecular formula is C17H21FN4O3. The lowest BCUT2D eigenvalue weighted by molar-refractivity contribution is -0.386. The molecule has 7 nitrogen and oxygen atoms in total. The molecule has 1 aromatic heterocycles. The van der Waals surface area contributed by atoms with Gasteiger partial charge in [0.25, 0.3) is 5.69 Å². The van der Waals surface area contributed by atoms with Crippen LogP contribution in [-0.4, -0.2) is 37.6 Å². The Kier molecular flexibility index (Phi) is 5.10. The van der Waals surface area contributed by atoms with E-state index in [0.717, 1.165) is 12.8 Å². The van der Waals surface area contributed by atoms with Crippen molar-refractivity contribution in [2.24, 2.45) is 13.0 Å². The number of piperidine rings is 1. The van der Waals surface area contributed by atoms with Crippen molar-refractivity contribution in [3.63, 3.8) is 0 Å². The molecule has 1 aliphatic heterocycles. The summed E-state index contributed by atoms with van der Waals surface area (Å²) in [5.74, 6) is 0.167. The molecule has 0 aliphatic carbocycles. The van der Waals surface area contributed by atoms with Crippen LogP contribution < -0.4 is 0 Å². The molecule has 0 amide bonds. The molecule has 1 atom stereocenters. The van der Waals surface area contributed by atoms with Crippen LogP contribution in [0.1, 0.15) is 30.3 Å². The van der Waals surface area contributed by atoms with E-state index in [4.69, 9.17) is 0 Å². The average molecular weight is 348 g/mol. The smallest absolute Gasteiger partial charge is 0.276 e. The zero-order valence-electron chi connectivity index (χ0n) is 14.0. The molecule has 1 aromatic carbocycles. The van der Waals surface area contributed by atoms with Crippen LogP contribution >= 0.6 is 0 Å². The van der Waals surface area contributed by atoms with Crippen LogP contribution in [0.5, 0.6) is 0 Å². The Morgan fingerprint density at radius 2 is 2.16 bits per heavy atom. The van der Waals surface area contributed by atoms with Crippen molar-refractivity contribution in [1.82, 2.24) is 14.5 Å². The highest BCUT2D eigenvalue weighted by Gasteiger charge is 2.29. The van der Waals surface area contributed by atoms with E-state index in [9.17, 15) is 19.6 Å². The number of nitro groups is 1. The summed E-state index contributed by atoms with van der Waals surface area (Å²) in [7, 11) is 1.85. The highest BCUT2D eigenvalue weighted by molar-refractivity contribution is 5.40. The second kappa shape index (κ2) is 7.28. The fourth-order valence-corrected chi connectivity index (χ4v) is 3.40. The van der Waals surface area contributed by atoms with Crippen molar-refractivity contribution >= 4 is 5.69 Å². The molecule has 1 aliphatic rings. The van der Waals surface area contributed by atoms with Crippen molar-refractivity contribution < 1.29 is 14.4 Å². The Hall–Kier alpha value is -2.32. The maximum atomic E-state index is 14.0. The lowest BCUT2D eigenvalue weighted by atomic mass is 9.90. The third kappa shape index (κ3) is 3.69. The molecule has 0 spiro atoms. The van der Waals surface area contributed by atoms with Crippen LogP contribution in [0.3, 0.4) is 0 Å². The molecule has 1 fully saturated rings. The molecule has 1 unspecified atom stereocenters. The van der Waals surface area contributed by atoms with E-state index in [1.54, 1.807) is 17.0 Å². The minimum atomic E-state index is -0.634.